The molecule has 220 valence electrons. The van der Waals surface area contributed by atoms with Gasteiger partial charge in [0.25, 0.3) is 0 Å². The molecule has 0 N–H and O–H groups in total. The van der Waals surface area contributed by atoms with Crippen LogP contribution in [-0.4, -0.2) is 29.6 Å². The van der Waals surface area contributed by atoms with Crippen LogP contribution in [0.4, 0.5) is 11.4 Å². The molecule has 2 saturated heterocycles. The molecule has 3 aromatic rings. The second-order valence-corrected chi connectivity index (χ2v) is 12.6. The Kier molecular flexibility index (Phi) is 6.15. The maximum Gasteiger partial charge on any atom is 0.343 e. The minimum Gasteiger partial charge on any atom is -0.423 e. The predicted molar refractivity (Wildman–Crippen MR) is 161 cm³/mol. The van der Waals surface area contributed by atoms with E-state index in [-0.39, 0.29) is 76.4 Å². The molecule has 7 atom stereocenters. The van der Waals surface area contributed by atoms with Gasteiger partial charge in [-0.25, -0.2) is 4.79 Å². The molecule has 2 heterocycles. The van der Waals surface area contributed by atoms with Crippen molar-refractivity contribution in [3.63, 3.8) is 0 Å². The van der Waals surface area contributed by atoms with Gasteiger partial charge in [-0.15, -0.1) is 0 Å². The molecule has 8 heteroatoms. The standard InChI is InChI=1S/C36H30N2O6/c39-32-28-16-11-21(20-5-2-1-3-6-20)19-29(28)33(40)38(32)26-8-4-7-24(18-26)36(43)44-27-14-12-25(13-15-27)37-34(41)30-22-9-10-23(17-22)31(30)35(37)42/h1-10,12-15,18,21-23,28-31H,11,16-17,19H2/t21-,22+,23+,28-,29+,30+,31+/m1/s1. The van der Waals surface area contributed by atoms with Gasteiger partial charge in [-0.3, -0.25) is 29.0 Å². The Balaban J connectivity index is 0.959. The molecule has 8 nitrogen and oxygen atoms in total. The van der Waals surface area contributed by atoms with Crippen LogP contribution >= 0.6 is 0 Å². The molecule has 4 amide bonds. The quantitative estimate of drug-likeness (QED) is 0.174. The molecule has 2 saturated carbocycles. The summed E-state index contributed by atoms with van der Waals surface area (Å²) in [6.45, 7) is 0. The molecule has 0 radical (unpaired) electrons. The second-order valence-electron chi connectivity index (χ2n) is 12.6. The van der Waals surface area contributed by atoms with Crippen LogP contribution in [0, 0.1) is 35.5 Å². The summed E-state index contributed by atoms with van der Waals surface area (Å²) >= 11 is 0. The summed E-state index contributed by atoms with van der Waals surface area (Å²) in [5.74, 6) is -1.98. The van der Waals surface area contributed by atoms with Gasteiger partial charge in [-0.2, -0.15) is 0 Å². The summed E-state index contributed by atoms with van der Waals surface area (Å²) < 4.78 is 5.59. The average molecular weight is 587 g/mol. The molecule has 3 aromatic carbocycles. The first-order valence-electron chi connectivity index (χ1n) is 15.3. The van der Waals surface area contributed by atoms with Gasteiger partial charge < -0.3 is 4.74 Å². The average Bonchev–Trinajstić information content (AvgIpc) is 3.80. The fourth-order valence-electron chi connectivity index (χ4n) is 8.22. The topological polar surface area (TPSA) is 101 Å². The summed E-state index contributed by atoms with van der Waals surface area (Å²) in [6.07, 6.45) is 7.11. The molecule has 3 aliphatic carbocycles. The molecule has 5 aliphatic rings. The molecule has 4 fully saturated rings. The summed E-state index contributed by atoms with van der Waals surface area (Å²) in [5, 5.41) is 0. The summed E-state index contributed by atoms with van der Waals surface area (Å²) in [4.78, 5) is 68.8. The third-order valence-corrected chi connectivity index (χ3v) is 10.3. The van der Waals surface area contributed by atoms with Gasteiger partial charge >= 0.3 is 5.97 Å². The summed E-state index contributed by atoms with van der Waals surface area (Å²) in [6, 6.07) is 22.8. The van der Waals surface area contributed by atoms with E-state index in [9.17, 15) is 24.0 Å². The highest BCUT2D eigenvalue weighted by atomic mass is 16.5. The van der Waals surface area contributed by atoms with Gasteiger partial charge in [-0.1, -0.05) is 48.6 Å². The van der Waals surface area contributed by atoms with Gasteiger partial charge in [0.05, 0.1) is 40.6 Å². The Morgan fingerprint density at radius 3 is 2.00 bits per heavy atom. The van der Waals surface area contributed by atoms with E-state index in [1.807, 2.05) is 18.2 Å². The Morgan fingerprint density at radius 2 is 1.30 bits per heavy atom. The van der Waals surface area contributed by atoms with E-state index in [2.05, 4.69) is 24.3 Å². The number of allylic oxidation sites excluding steroid dienone is 2. The van der Waals surface area contributed by atoms with Gasteiger partial charge in [0.2, 0.25) is 23.6 Å². The predicted octanol–water partition coefficient (Wildman–Crippen LogP) is 5.29. The number of hydrogen-bond acceptors (Lipinski definition) is 6. The van der Waals surface area contributed by atoms with Crippen LogP contribution in [0.5, 0.6) is 5.75 Å². The molecule has 0 unspecified atom stereocenters. The van der Waals surface area contributed by atoms with Crippen LogP contribution in [0.15, 0.2) is 91.0 Å². The number of fused-ring (bicyclic) bond motifs is 6. The normalized spacial score (nSPS) is 30.2. The lowest BCUT2D eigenvalue weighted by molar-refractivity contribution is -0.124. The molecular weight excluding hydrogens is 556 g/mol. The monoisotopic (exact) mass is 586 g/mol. The summed E-state index contributed by atoms with van der Waals surface area (Å²) in [5.41, 5.74) is 2.20. The fourth-order valence-corrected chi connectivity index (χ4v) is 8.22. The highest BCUT2D eigenvalue weighted by molar-refractivity contribution is 6.23. The molecular formula is C36H30N2O6. The van der Waals surface area contributed by atoms with Crippen LogP contribution in [-0.2, 0) is 19.2 Å². The zero-order valence-electron chi connectivity index (χ0n) is 23.9. The first-order valence-corrected chi connectivity index (χ1v) is 15.3. The Morgan fingerprint density at radius 1 is 0.636 bits per heavy atom. The number of carbonyl (C=O) groups excluding carboxylic acids is 5. The third-order valence-electron chi connectivity index (χ3n) is 10.3. The van der Waals surface area contributed by atoms with Crippen molar-refractivity contribution in [1.82, 2.24) is 0 Å². The van der Waals surface area contributed by atoms with Crippen molar-refractivity contribution < 1.29 is 28.7 Å². The molecule has 8 rings (SSSR count). The van der Waals surface area contributed by atoms with Gasteiger partial charge in [0.15, 0.2) is 0 Å². The van der Waals surface area contributed by atoms with Crippen molar-refractivity contribution in [2.45, 2.75) is 31.6 Å². The van der Waals surface area contributed by atoms with Crippen molar-refractivity contribution in [2.75, 3.05) is 9.80 Å². The van der Waals surface area contributed by atoms with Crippen LogP contribution in [0.2, 0.25) is 0 Å². The second kappa shape index (κ2) is 10.1. The van der Waals surface area contributed by atoms with E-state index in [4.69, 9.17) is 4.74 Å². The number of rotatable bonds is 5. The number of esters is 1. The highest BCUT2D eigenvalue weighted by Crippen LogP contribution is 2.53. The van der Waals surface area contributed by atoms with Crippen molar-refractivity contribution >= 4 is 41.0 Å². The minimum absolute atomic E-state index is 0.129. The van der Waals surface area contributed by atoms with Crippen molar-refractivity contribution in [1.29, 1.82) is 0 Å². The van der Waals surface area contributed by atoms with E-state index >= 15 is 0 Å². The molecule has 0 spiro atoms. The number of amides is 4. The van der Waals surface area contributed by atoms with Gasteiger partial charge in [0.1, 0.15) is 5.75 Å². The number of benzene rings is 3. The zero-order chi connectivity index (χ0) is 30.1. The lowest BCUT2D eigenvalue weighted by atomic mass is 9.73. The number of carbonyl (C=O) groups is 5. The number of nitrogens with zero attached hydrogens (tertiary/aromatic N) is 2. The lowest BCUT2D eigenvalue weighted by Crippen LogP contribution is -2.32. The molecule has 2 aliphatic heterocycles. The lowest BCUT2D eigenvalue weighted by Gasteiger charge is -2.28. The fraction of sp³-hybridized carbons (Fsp3) is 0.306. The molecule has 2 bridgehead atoms. The van der Waals surface area contributed by atoms with E-state index in [0.717, 1.165) is 12.8 Å². The van der Waals surface area contributed by atoms with E-state index in [1.54, 1.807) is 42.5 Å². The minimum atomic E-state index is -0.647. The van der Waals surface area contributed by atoms with Crippen LogP contribution < -0.4 is 14.5 Å². The smallest absolute Gasteiger partial charge is 0.343 e. The third kappa shape index (κ3) is 4.08. The largest absolute Gasteiger partial charge is 0.423 e. The molecule has 0 aromatic heterocycles. The highest BCUT2D eigenvalue weighted by Gasteiger charge is 2.59. The first-order chi connectivity index (χ1) is 21.4. The SMILES string of the molecule is O=C(Oc1ccc(N2C(=O)[C@@H]3[C@@H](C2=O)[C@H]2C=C[C@H]3C2)cc1)c1cccc(N2C(=O)[C@H]3C[C@H](c4ccccc4)CC[C@H]3C2=O)c1. The first kappa shape index (κ1) is 26.8. The van der Waals surface area contributed by atoms with Crippen molar-refractivity contribution in [3.05, 3.63) is 102 Å². The number of imide groups is 2. The van der Waals surface area contributed by atoms with E-state index < -0.39 is 5.97 Å². The number of ether oxygens (including phenoxy) is 1. The van der Waals surface area contributed by atoms with Gasteiger partial charge in [0, 0.05) is 0 Å². The van der Waals surface area contributed by atoms with Crippen molar-refractivity contribution in [2.24, 2.45) is 35.5 Å². The Labute approximate surface area is 254 Å². The Bertz CT molecular complexity index is 1720. The van der Waals surface area contributed by atoms with Gasteiger partial charge in [-0.05, 0) is 91.5 Å². The maximum atomic E-state index is 13.5. The van der Waals surface area contributed by atoms with Crippen LogP contribution in [0.1, 0.15) is 47.5 Å². The Hall–Kier alpha value is -4.85. The molecule has 44 heavy (non-hydrogen) atoms. The van der Waals surface area contributed by atoms with Crippen molar-refractivity contribution in [3.8, 4) is 5.75 Å². The summed E-state index contributed by atoms with van der Waals surface area (Å²) in [7, 11) is 0. The number of hydrogen-bond donors (Lipinski definition) is 0. The zero-order valence-corrected chi connectivity index (χ0v) is 23.9. The van der Waals surface area contributed by atoms with Crippen LogP contribution in [0.25, 0.3) is 0 Å². The number of anilines is 2. The van der Waals surface area contributed by atoms with Crippen LogP contribution in [0.3, 0.4) is 0 Å². The van der Waals surface area contributed by atoms with E-state index in [0.29, 0.717) is 24.2 Å². The van der Waals surface area contributed by atoms with E-state index in [1.165, 1.54) is 21.4 Å². The maximum absolute atomic E-state index is 13.5.